The fourth-order valence-corrected chi connectivity index (χ4v) is 2.98. The highest BCUT2D eigenvalue weighted by Gasteiger charge is 2.24. The van der Waals surface area contributed by atoms with Crippen LogP contribution in [0.1, 0.15) is 19.3 Å². The van der Waals surface area contributed by atoms with Gasteiger partial charge in [-0.3, -0.25) is 14.9 Å². The number of carboxylic acid groups (broad SMARTS) is 1. The summed E-state index contributed by atoms with van der Waals surface area (Å²) in [6.07, 6.45) is 1.02. The molecule has 1 rings (SSSR count). The predicted octanol–water partition coefficient (Wildman–Crippen LogP) is 0.455. The first-order valence-corrected chi connectivity index (χ1v) is 7.95. The zero-order valence-electron chi connectivity index (χ0n) is 11.6. The Balaban J connectivity index is 2.59. The lowest BCUT2D eigenvalue weighted by molar-refractivity contribution is -0.387. The first kappa shape index (κ1) is 18.0. The molecular weight excluding hydrogens is 314 g/mol. The zero-order chi connectivity index (χ0) is 16.8. The topological polar surface area (TPSA) is 153 Å². The van der Waals surface area contributed by atoms with Crippen LogP contribution in [0.4, 0.5) is 5.69 Å². The van der Waals surface area contributed by atoms with Crippen LogP contribution < -0.4 is 10.5 Å². The molecular formula is C12H17N3O6S. The molecule has 1 atom stereocenters. The Morgan fingerprint density at radius 2 is 2.00 bits per heavy atom. The predicted molar refractivity (Wildman–Crippen MR) is 77.7 cm³/mol. The van der Waals surface area contributed by atoms with E-state index in [1.54, 1.807) is 0 Å². The molecule has 0 amide bonds. The summed E-state index contributed by atoms with van der Waals surface area (Å²) < 4.78 is 26.3. The van der Waals surface area contributed by atoms with Crippen molar-refractivity contribution in [1.29, 1.82) is 0 Å². The number of aliphatic carboxylic acids is 1. The van der Waals surface area contributed by atoms with Crippen LogP contribution in [0.5, 0.6) is 0 Å². The molecule has 0 unspecified atom stereocenters. The largest absolute Gasteiger partial charge is 0.480 e. The van der Waals surface area contributed by atoms with Crippen molar-refractivity contribution in [2.24, 2.45) is 5.73 Å². The van der Waals surface area contributed by atoms with Crippen LogP contribution in [0.25, 0.3) is 0 Å². The number of hydrogen-bond acceptors (Lipinski definition) is 6. The lowest BCUT2D eigenvalue weighted by Gasteiger charge is -2.08. The van der Waals surface area contributed by atoms with Gasteiger partial charge in [0, 0.05) is 12.6 Å². The molecule has 9 nitrogen and oxygen atoms in total. The Bertz CT molecular complexity index is 646. The van der Waals surface area contributed by atoms with Gasteiger partial charge in [-0.15, -0.1) is 0 Å². The molecule has 0 fully saturated rings. The molecule has 0 spiro atoms. The zero-order valence-corrected chi connectivity index (χ0v) is 12.5. The van der Waals surface area contributed by atoms with Gasteiger partial charge in [0.2, 0.25) is 10.0 Å². The average Bonchev–Trinajstić information content (AvgIpc) is 2.46. The molecule has 122 valence electrons. The van der Waals surface area contributed by atoms with Gasteiger partial charge in [-0.1, -0.05) is 18.6 Å². The van der Waals surface area contributed by atoms with E-state index >= 15 is 0 Å². The van der Waals surface area contributed by atoms with Gasteiger partial charge in [-0.2, -0.15) is 0 Å². The smallest absolute Gasteiger partial charge is 0.320 e. The summed E-state index contributed by atoms with van der Waals surface area (Å²) in [5, 5.41) is 19.4. The minimum absolute atomic E-state index is 0.0424. The van der Waals surface area contributed by atoms with Gasteiger partial charge in [-0.05, 0) is 18.9 Å². The second-order valence-corrected chi connectivity index (χ2v) is 6.30. The highest BCUT2D eigenvalue weighted by Crippen LogP contribution is 2.22. The van der Waals surface area contributed by atoms with Crippen molar-refractivity contribution in [3.8, 4) is 0 Å². The minimum atomic E-state index is -3.99. The van der Waals surface area contributed by atoms with E-state index in [4.69, 9.17) is 10.8 Å². The third kappa shape index (κ3) is 5.06. The summed E-state index contributed by atoms with van der Waals surface area (Å²) in [5.74, 6) is -1.11. The summed E-state index contributed by atoms with van der Waals surface area (Å²) in [5.41, 5.74) is 4.82. The maximum Gasteiger partial charge on any atom is 0.320 e. The van der Waals surface area contributed by atoms with Crippen molar-refractivity contribution >= 4 is 21.7 Å². The number of carboxylic acids is 1. The summed E-state index contributed by atoms with van der Waals surface area (Å²) in [7, 11) is -3.99. The maximum atomic E-state index is 12.0. The van der Waals surface area contributed by atoms with Crippen molar-refractivity contribution < 1.29 is 23.2 Å². The number of unbranched alkanes of at least 4 members (excludes halogenated alkanes) is 1. The summed E-state index contributed by atoms with van der Waals surface area (Å²) in [6.45, 7) is 0.0424. The summed E-state index contributed by atoms with van der Waals surface area (Å²) in [4.78, 5) is 20.2. The molecule has 10 heteroatoms. The number of hydrogen-bond donors (Lipinski definition) is 3. The number of nitrogens with one attached hydrogen (secondary N) is 1. The van der Waals surface area contributed by atoms with Crippen LogP contribution in [-0.4, -0.2) is 37.0 Å². The van der Waals surface area contributed by atoms with Crippen molar-refractivity contribution in [1.82, 2.24) is 4.72 Å². The van der Waals surface area contributed by atoms with E-state index in [0.717, 1.165) is 12.1 Å². The molecule has 4 N–H and O–H groups in total. The molecule has 0 aliphatic carbocycles. The second-order valence-electron chi connectivity index (χ2n) is 4.56. The van der Waals surface area contributed by atoms with E-state index in [1.165, 1.54) is 12.1 Å². The lowest BCUT2D eigenvalue weighted by atomic mass is 10.1. The number of rotatable bonds is 9. The van der Waals surface area contributed by atoms with Gasteiger partial charge < -0.3 is 10.8 Å². The van der Waals surface area contributed by atoms with E-state index < -0.39 is 37.5 Å². The number of nitro benzene ring substituents is 1. The molecule has 0 aliphatic heterocycles. The number of nitrogens with two attached hydrogens (primary N) is 1. The van der Waals surface area contributed by atoms with Gasteiger partial charge in [0.1, 0.15) is 6.04 Å². The van der Waals surface area contributed by atoms with Crippen LogP contribution >= 0.6 is 0 Å². The van der Waals surface area contributed by atoms with E-state index in [-0.39, 0.29) is 13.0 Å². The van der Waals surface area contributed by atoms with E-state index in [1.807, 2.05) is 0 Å². The number of nitrogens with zero attached hydrogens (tertiary/aromatic N) is 1. The van der Waals surface area contributed by atoms with Crippen LogP contribution in [0.3, 0.4) is 0 Å². The Morgan fingerprint density at radius 3 is 2.59 bits per heavy atom. The molecule has 0 heterocycles. The van der Waals surface area contributed by atoms with Crippen molar-refractivity contribution in [2.45, 2.75) is 30.2 Å². The second kappa shape index (κ2) is 7.82. The molecule has 0 saturated heterocycles. The van der Waals surface area contributed by atoms with Crippen LogP contribution in [-0.2, 0) is 14.8 Å². The Kier molecular flexibility index (Phi) is 6.40. The average molecular weight is 331 g/mol. The van der Waals surface area contributed by atoms with Crippen LogP contribution in [0, 0.1) is 10.1 Å². The third-order valence-electron chi connectivity index (χ3n) is 2.90. The van der Waals surface area contributed by atoms with E-state index in [2.05, 4.69) is 4.72 Å². The summed E-state index contributed by atoms with van der Waals surface area (Å²) >= 11 is 0. The molecule has 0 aromatic heterocycles. The molecule has 0 radical (unpaired) electrons. The number of nitro groups is 1. The molecule has 0 saturated carbocycles. The number of sulfonamides is 1. The Hall–Kier alpha value is -2.04. The standard InChI is InChI=1S/C12H17N3O6S/c13-9(12(16)17)5-3-4-8-14-22(20,21)11-7-2-1-6-10(11)15(18)19/h1-2,6-7,9,14H,3-5,8,13H2,(H,16,17)/t9-/m0/s1. The van der Waals surface area contributed by atoms with Crippen molar-refractivity contribution in [3.05, 3.63) is 34.4 Å². The van der Waals surface area contributed by atoms with Crippen molar-refractivity contribution in [2.75, 3.05) is 6.54 Å². The quantitative estimate of drug-likeness (QED) is 0.337. The number of benzene rings is 1. The third-order valence-corrected chi connectivity index (χ3v) is 4.41. The van der Waals surface area contributed by atoms with Gasteiger partial charge >= 0.3 is 5.97 Å². The lowest BCUT2D eigenvalue weighted by Crippen LogP contribution is -2.30. The monoisotopic (exact) mass is 331 g/mol. The number of para-hydroxylation sites is 1. The Labute approximate surface area is 127 Å². The molecule has 0 aliphatic rings. The normalized spacial score (nSPS) is 12.8. The highest BCUT2D eigenvalue weighted by atomic mass is 32.2. The molecule has 0 bridgehead atoms. The summed E-state index contributed by atoms with van der Waals surface area (Å²) in [6, 6.07) is 4.06. The van der Waals surface area contributed by atoms with E-state index in [9.17, 15) is 23.3 Å². The van der Waals surface area contributed by atoms with Gasteiger partial charge in [-0.25, -0.2) is 13.1 Å². The fraction of sp³-hybridized carbons (Fsp3) is 0.417. The highest BCUT2D eigenvalue weighted by molar-refractivity contribution is 7.89. The van der Waals surface area contributed by atoms with Crippen LogP contribution in [0.2, 0.25) is 0 Å². The van der Waals surface area contributed by atoms with E-state index in [0.29, 0.717) is 12.8 Å². The van der Waals surface area contributed by atoms with Crippen LogP contribution in [0.15, 0.2) is 29.2 Å². The van der Waals surface area contributed by atoms with Gasteiger partial charge in [0.05, 0.1) is 4.92 Å². The van der Waals surface area contributed by atoms with Gasteiger partial charge in [0.15, 0.2) is 4.90 Å². The first-order chi connectivity index (χ1) is 10.3. The maximum absolute atomic E-state index is 12.0. The first-order valence-electron chi connectivity index (χ1n) is 6.47. The molecule has 22 heavy (non-hydrogen) atoms. The minimum Gasteiger partial charge on any atom is -0.480 e. The molecule has 1 aromatic rings. The Morgan fingerprint density at radius 1 is 1.36 bits per heavy atom. The van der Waals surface area contributed by atoms with Crippen molar-refractivity contribution in [3.63, 3.8) is 0 Å². The number of carbonyl (C=O) groups is 1. The van der Waals surface area contributed by atoms with Gasteiger partial charge in [0.25, 0.3) is 5.69 Å². The SMILES string of the molecule is N[C@@H](CCCCNS(=O)(=O)c1ccccc1[N+](=O)[O-])C(=O)O. The molecule has 1 aromatic carbocycles. The fourth-order valence-electron chi connectivity index (χ4n) is 1.73.